The van der Waals surface area contributed by atoms with Crippen molar-refractivity contribution >= 4 is 12.0 Å². The van der Waals surface area contributed by atoms with E-state index in [4.69, 9.17) is 0 Å². The molecule has 2 amide bonds. The highest BCUT2D eigenvalue weighted by molar-refractivity contribution is 5.78. The first-order valence-corrected chi connectivity index (χ1v) is 7.32. The fraction of sp³-hybridized carbons (Fsp3) is 0.857. The first-order valence-electron chi connectivity index (χ1n) is 7.32. The first kappa shape index (κ1) is 16.8. The molecular weight excluding hydrogens is 258 g/mol. The van der Waals surface area contributed by atoms with Crippen molar-refractivity contribution < 1.29 is 14.7 Å². The lowest BCUT2D eigenvalue weighted by Crippen LogP contribution is -2.50. The third-order valence-electron chi connectivity index (χ3n) is 4.04. The van der Waals surface area contributed by atoms with Crippen LogP contribution in [0.4, 0.5) is 4.79 Å². The Morgan fingerprint density at radius 3 is 2.30 bits per heavy atom. The number of amides is 2. The summed E-state index contributed by atoms with van der Waals surface area (Å²) in [7, 11) is 4.01. The van der Waals surface area contributed by atoms with Crippen molar-refractivity contribution in [3.05, 3.63) is 0 Å². The second kappa shape index (κ2) is 7.47. The van der Waals surface area contributed by atoms with Gasteiger partial charge in [0.15, 0.2) is 0 Å². The molecule has 116 valence electrons. The quantitative estimate of drug-likeness (QED) is 0.703. The van der Waals surface area contributed by atoms with E-state index < -0.39 is 11.4 Å². The van der Waals surface area contributed by atoms with Crippen molar-refractivity contribution in [1.29, 1.82) is 0 Å². The molecule has 6 heteroatoms. The highest BCUT2D eigenvalue weighted by Gasteiger charge is 2.44. The minimum atomic E-state index is -0.792. The van der Waals surface area contributed by atoms with Gasteiger partial charge in [-0.3, -0.25) is 4.79 Å². The Bertz CT molecular complexity index is 341. The first-order chi connectivity index (χ1) is 9.41. The van der Waals surface area contributed by atoms with Gasteiger partial charge in [0.05, 0.1) is 5.41 Å². The molecule has 0 aromatic heterocycles. The van der Waals surface area contributed by atoms with Gasteiger partial charge >= 0.3 is 12.0 Å². The van der Waals surface area contributed by atoms with Crippen LogP contribution in [0.2, 0.25) is 0 Å². The van der Waals surface area contributed by atoms with E-state index in [0.717, 1.165) is 19.4 Å². The van der Waals surface area contributed by atoms with Crippen LogP contribution in [-0.2, 0) is 4.79 Å². The van der Waals surface area contributed by atoms with Gasteiger partial charge in [-0.05, 0) is 46.8 Å². The van der Waals surface area contributed by atoms with Crippen LogP contribution >= 0.6 is 0 Å². The van der Waals surface area contributed by atoms with Gasteiger partial charge in [0.25, 0.3) is 0 Å². The van der Waals surface area contributed by atoms with Crippen molar-refractivity contribution in [2.45, 2.75) is 32.6 Å². The number of carboxylic acid groups (broad SMARTS) is 1. The minimum Gasteiger partial charge on any atom is -0.481 e. The average Bonchev–Trinajstić information content (AvgIpc) is 2.32. The standard InChI is InChI=1S/C14H27N3O3/c1-4-17(10-6-9-16(2)3)13(20)15-11-14(12(18)19)7-5-8-14/h4-11H2,1-3H3,(H,15,20)(H,18,19). The molecule has 0 spiro atoms. The van der Waals surface area contributed by atoms with Crippen molar-refractivity contribution in [3.63, 3.8) is 0 Å². The lowest BCUT2D eigenvalue weighted by Gasteiger charge is -2.38. The van der Waals surface area contributed by atoms with Gasteiger partial charge in [0.1, 0.15) is 0 Å². The van der Waals surface area contributed by atoms with Gasteiger partial charge in [0.2, 0.25) is 0 Å². The molecule has 2 N–H and O–H groups in total. The molecule has 0 unspecified atom stereocenters. The number of hydrogen-bond donors (Lipinski definition) is 2. The third-order valence-corrected chi connectivity index (χ3v) is 4.04. The Morgan fingerprint density at radius 2 is 1.90 bits per heavy atom. The van der Waals surface area contributed by atoms with Crippen LogP contribution in [-0.4, -0.2) is 67.2 Å². The summed E-state index contributed by atoms with van der Waals surface area (Å²) in [5, 5.41) is 12.0. The zero-order valence-electron chi connectivity index (χ0n) is 12.8. The number of hydrogen-bond acceptors (Lipinski definition) is 3. The van der Waals surface area contributed by atoms with Gasteiger partial charge in [0, 0.05) is 19.6 Å². The normalized spacial score (nSPS) is 16.6. The number of carbonyl (C=O) groups excluding carboxylic acids is 1. The predicted molar refractivity (Wildman–Crippen MR) is 77.7 cm³/mol. The van der Waals surface area contributed by atoms with Gasteiger partial charge in [-0.15, -0.1) is 0 Å². The molecule has 1 aliphatic carbocycles. The van der Waals surface area contributed by atoms with E-state index in [1.54, 1.807) is 4.90 Å². The fourth-order valence-electron chi connectivity index (χ4n) is 2.41. The van der Waals surface area contributed by atoms with Crippen molar-refractivity contribution in [3.8, 4) is 0 Å². The fourth-order valence-corrected chi connectivity index (χ4v) is 2.41. The summed E-state index contributed by atoms with van der Waals surface area (Å²) in [6.07, 6.45) is 3.17. The lowest BCUT2D eigenvalue weighted by molar-refractivity contribution is -0.153. The molecule has 0 aliphatic heterocycles. The number of carbonyl (C=O) groups is 2. The topological polar surface area (TPSA) is 72.9 Å². The molecule has 0 saturated heterocycles. The molecule has 6 nitrogen and oxygen atoms in total. The van der Waals surface area contributed by atoms with Gasteiger partial charge in [-0.25, -0.2) is 4.79 Å². The summed E-state index contributed by atoms with van der Waals surface area (Å²) in [6, 6.07) is -0.154. The maximum atomic E-state index is 12.1. The third kappa shape index (κ3) is 4.37. The summed E-state index contributed by atoms with van der Waals surface area (Å²) in [4.78, 5) is 27.1. The van der Waals surface area contributed by atoms with Crippen LogP contribution in [0.1, 0.15) is 32.6 Å². The van der Waals surface area contributed by atoms with Crippen LogP contribution in [0.3, 0.4) is 0 Å². The number of urea groups is 1. The SMILES string of the molecule is CCN(CCCN(C)C)C(=O)NCC1(C(=O)O)CCC1. The van der Waals surface area contributed by atoms with Crippen molar-refractivity contribution in [2.24, 2.45) is 5.41 Å². The zero-order valence-corrected chi connectivity index (χ0v) is 12.8. The second-order valence-electron chi connectivity index (χ2n) is 5.83. The summed E-state index contributed by atoms with van der Waals surface area (Å²) >= 11 is 0. The molecule has 0 heterocycles. The van der Waals surface area contributed by atoms with E-state index in [2.05, 4.69) is 10.2 Å². The van der Waals surface area contributed by atoms with Crippen LogP contribution in [0.15, 0.2) is 0 Å². The Balaban J connectivity index is 2.37. The summed E-state index contributed by atoms with van der Waals surface area (Å²) in [5.74, 6) is -0.792. The molecule has 0 radical (unpaired) electrons. The molecule has 1 saturated carbocycles. The van der Waals surface area contributed by atoms with Gasteiger partial charge < -0.3 is 20.2 Å². The monoisotopic (exact) mass is 285 g/mol. The Labute approximate surface area is 121 Å². The van der Waals surface area contributed by atoms with Gasteiger partial charge in [-0.1, -0.05) is 6.42 Å². The van der Waals surface area contributed by atoms with E-state index in [9.17, 15) is 14.7 Å². The summed E-state index contributed by atoms with van der Waals surface area (Å²) < 4.78 is 0. The molecule has 1 rings (SSSR count). The molecular formula is C14H27N3O3. The Morgan fingerprint density at radius 1 is 1.25 bits per heavy atom. The van der Waals surface area contributed by atoms with Crippen LogP contribution in [0.5, 0.6) is 0 Å². The molecule has 0 bridgehead atoms. The van der Waals surface area contributed by atoms with Crippen LogP contribution < -0.4 is 5.32 Å². The van der Waals surface area contributed by atoms with E-state index >= 15 is 0 Å². The van der Waals surface area contributed by atoms with Crippen molar-refractivity contribution in [1.82, 2.24) is 15.1 Å². The average molecular weight is 285 g/mol. The van der Waals surface area contributed by atoms with Crippen LogP contribution in [0, 0.1) is 5.41 Å². The maximum absolute atomic E-state index is 12.1. The molecule has 0 aromatic carbocycles. The van der Waals surface area contributed by atoms with E-state index in [-0.39, 0.29) is 12.6 Å². The molecule has 1 aliphatic rings. The zero-order chi connectivity index (χ0) is 15.2. The second-order valence-corrected chi connectivity index (χ2v) is 5.83. The number of nitrogens with zero attached hydrogens (tertiary/aromatic N) is 2. The molecule has 0 atom stereocenters. The Kier molecular flexibility index (Phi) is 6.26. The van der Waals surface area contributed by atoms with E-state index in [1.165, 1.54) is 0 Å². The highest BCUT2D eigenvalue weighted by atomic mass is 16.4. The number of aliphatic carboxylic acids is 1. The molecule has 20 heavy (non-hydrogen) atoms. The lowest BCUT2D eigenvalue weighted by atomic mass is 9.69. The largest absolute Gasteiger partial charge is 0.481 e. The summed E-state index contributed by atoms with van der Waals surface area (Å²) in [5.41, 5.74) is -0.724. The minimum absolute atomic E-state index is 0.154. The van der Waals surface area contributed by atoms with E-state index in [1.807, 2.05) is 21.0 Å². The maximum Gasteiger partial charge on any atom is 0.317 e. The van der Waals surface area contributed by atoms with Gasteiger partial charge in [-0.2, -0.15) is 0 Å². The number of carboxylic acids is 1. The Hall–Kier alpha value is -1.30. The molecule has 1 fully saturated rings. The molecule has 0 aromatic rings. The van der Waals surface area contributed by atoms with Crippen LogP contribution in [0.25, 0.3) is 0 Å². The smallest absolute Gasteiger partial charge is 0.317 e. The van der Waals surface area contributed by atoms with E-state index in [0.29, 0.717) is 25.9 Å². The number of nitrogens with one attached hydrogen (secondary N) is 1. The predicted octanol–water partition coefficient (Wildman–Crippen LogP) is 1.22. The van der Waals surface area contributed by atoms with Crippen molar-refractivity contribution in [2.75, 3.05) is 40.3 Å². The highest BCUT2D eigenvalue weighted by Crippen LogP contribution is 2.40. The number of rotatable bonds is 8. The summed E-state index contributed by atoms with van der Waals surface area (Å²) in [6.45, 7) is 4.44.